The zero-order valence-electron chi connectivity index (χ0n) is 16.4. The van der Waals surface area contributed by atoms with Crippen molar-refractivity contribution in [2.45, 2.75) is 38.8 Å². The van der Waals surface area contributed by atoms with Crippen LogP contribution in [0.1, 0.15) is 26.7 Å². The van der Waals surface area contributed by atoms with E-state index in [4.69, 9.17) is 4.74 Å². The molecule has 29 heavy (non-hydrogen) atoms. The molecule has 0 N–H and O–H groups in total. The Labute approximate surface area is 168 Å². The van der Waals surface area contributed by atoms with Crippen LogP contribution in [0.3, 0.4) is 0 Å². The summed E-state index contributed by atoms with van der Waals surface area (Å²) in [5.74, 6) is -1.19. The van der Waals surface area contributed by atoms with E-state index in [1.54, 1.807) is 24.3 Å². The van der Waals surface area contributed by atoms with Crippen molar-refractivity contribution in [3.63, 3.8) is 0 Å². The molecule has 0 aliphatic carbocycles. The molecular weight excluding hydrogens is 375 g/mol. The van der Waals surface area contributed by atoms with Crippen LogP contribution in [0.4, 0.5) is 10.1 Å². The van der Waals surface area contributed by atoms with E-state index < -0.39 is 23.7 Å². The fraction of sp³-hybridized carbons (Fsp3) is 0.318. The molecule has 2 aromatic carbocycles. The molecule has 1 heterocycles. The highest BCUT2D eigenvalue weighted by atomic mass is 19.1. The van der Waals surface area contributed by atoms with Gasteiger partial charge in [0.2, 0.25) is 5.91 Å². The summed E-state index contributed by atoms with van der Waals surface area (Å²) in [7, 11) is 0. The third-order valence-electron chi connectivity index (χ3n) is 5.00. The Balaban J connectivity index is 1.79. The van der Waals surface area contributed by atoms with Crippen molar-refractivity contribution >= 4 is 23.4 Å². The molecule has 0 radical (unpaired) electrons. The summed E-state index contributed by atoms with van der Waals surface area (Å²) < 4.78 is 18.7. The smallest absolute Gasteiger partial charge is 0.261 e. The molecule has 2 unspecified atom stereocenters. The molecule has 0 aromatic heterocycles. The normalized spacial score (nSPS) is 17.3. The van der Waals surface area contributed by atoms with E-state index in [-0.39, 0.29) is 25.0 Å². The molecule has 0 saturated carbocycles. The first-order valence-corrected chi connectivity index (χ1v) is 9.53. The van der Waals surface area contributed by atoms with Crippen LogP contribution in [-0.2, 0) is 14.4 Å². The van der Waals surface area contributed by atoms with Gasteiger partial charge >= 0.3 is 0 Å². The van der Waals surface area contributed by atoms with Crippen molar-refractivity contribution in [1.29, 1.82) is 0 Å². The van der Waals surface area contributed by atoms with Gasteiger partial charge < -0.3 is 9.64 Å². The van der Waals surface area contributed by atoms with Crippen LogP contribution in [0, 0.1) is 5.82 Å². The highest BCUT2D eigenvalue weighted by Crippen LogP contribution is 2.27. The molecule has 2 aromatic rings. The van der Waals surface area contributed by atoms with Gasteiger partial charge in [0.05, 0.1) is 12.1 Å². The molecule has 1 aliphatic rings. The third kappa shape index (κ3) is 4.45. The number of nitrogens with zero attached hydrogens (tertiary/aromatic N) is 2. The first-order chi connectivity index (χ1) is 13.9. The summed E-state index contributed by atoms with van der Waals surface area (Å²) in [5, 5.41) is 0. The van der Waals surface area contributed by atoms with Gasteiger partial charge in [-0.2, -0.15) is 0 Å². The highest BCUT2D eigenvalue weighted by Gasteiger charge is 2.45. The maximum atomic E-state index is 13.2. The molecule has 1 aliphatic heterocycles. The van der Waals surface area contributed by atoms with Gasteiger partial charge in [-0.05, 0) is 49.7 Å². The standard InChI is InChI=1S/C22H23FN2O4/c1-3-15(2)24(21(27)14-29-18-7-5-4-6-8-18)19-13-20(26)25(22(19)28)17-11-9-16(23)10-12-17/h4-12,15,19H,3,13-14H2,1-2H3. The molecule has 152 valence electrons. The van der Waals surface area contributed by atoms with Gasteiger partial charge in [0.1, 0.15) is 17.6 Å². The molecule has 3 amide bonds. The number of carbonyl (C=O) groups is 3. The first kappa shape index (κ1) is 20.5. The number of amides is 3. The number of halogens is 1. The average molecular weight is 398 g/mol. The first-order valence-electron chi connectivity index (χ1n) is 9.53. The lowest BCUT2D eigenvalue weighted by atomic mass is 10.1. The number of para-hydroxylation sites is 1. The summed E-state index contributed by atoms with van der Waals surface area (Å²) >= 11 is 0. The minimum absolute atomic E-state index is 0.113. The second-order valence-electron chi connectivity index (χ2n) is 6.92. The van der Waals surface area contributed by atoms with Gasteiger partial charge in [-0.1, -0.05) is 25.1 Å². The van der Waals surface area contributed by atoms with Gasteiger partial charge in [-0.25, -0.2) is 9.29 Å². The topological polar surface area (TPSA) is 66.9 Å². The van der Waals surface area contributed by atoms with Crippen molar-refractivity contribution in [2.24, 2.45) is 0 Å². The second kappa shape index (κ2) is 8.86. The molecule has 0 bridgehead atoms. The van der Waals surface area contributed by atoms with E-state index in [1.807, 2.05) is 19.9 Å². The number of rotatable bonds is 7. The zero-order valence-corrected chi connectivity index (χ0v) is 16.4. The number of anilines is 1. The number of hydrogen-bond donors (Lipinski definition) is 0. The Kier molecular flexibility index (Phi) is 6.26. The van der Waals surface area contributed by atoms with Crippen LogP contribution in [0.25, 0.3) is 0 Å². The minimum atomic E-state index is -0.908. The fourth-order valence-corrected chi connectivity index (χ4v) is 3.35. The summed E-state index contributed by atoms with van der Waals surface area (Å²) in [6.07, 6.45) is 0.503. The van der Waals surface area contributed by atoms with E-state index >= 15 is 0 Å². The van der Waals surface area contributed by atoms with Gasteiger partial charge in [0.25, 0.3) is 11.8 Å². The molecule has 6 nitrogen and oxygen atoms in total. The SMILES string of the molecule is CCC(C)N(C(=O)COc1ccccc1)C1CC(=O)N(c2ccc(F)cc2)C1=O. The lowest BCUT2D eigenvalue weighted by molar-refractivity contribution is -0.142. The van der Waals surface area contributed by atoms with Gasteiger partial charge in [-0.15, -0.1) is 0 Å². The fourth-order valence-electron chi connectivity index (χ4n) is 3.35. The van der Waals surface area contributed by atoms with Crippen LogP contribution >= 0.6 is 0 Å². The number of imide groups is 1. The zero-order chi connectivity index (χ0) is 21.0. The number of hydrogen-bond acceptors (Lipinski definition) is 4. The Hall–Kier alpha value is -3.22. The predicted octanol–water partition coefficient (Wildman–Crippen LogP) is 3.16. The molecule has 7 heteroatoms. The summed E-state index contributed by atoms with van der Waals surface area (Å²) in [6, 6.07) is 12.9. The van der Waals surface area contributed by atoms with E-state index in [1.165, 1.54) is 29.2 Å². The van der Waals surface area contributed by atoms with Crippen molar-refractivity contribution in [1.82, 2.24) is 4.90 Å². The molecule has 1 saturated heterocycles. The maximum Gasteiger partial charge on any atom is 0.261 e. The van der Waals surface area contributed by atoms with E-state index in [2.05, 4.69) is 0 Å². The lowest BCUT2D eigenvalue weighted by Gasteiger charge is -2.32. The van der Waals surface area contributed by atoms with Crippen LogP contribution in [0.2, 0.25) is 0 Å². The van der Waals surface area contributed by atoms with Crippen molar-refractivity contribution < 1.29 is 23.5 Å². The number of carbonyl (C=O) groups excluding carboxylic acids is 3. The summed E-state index contributed by atoms with van der Waals surface area (Å²) in [5.41, 5.74) is 0.293. The second-order valence-corrected chi connectivity index (χ2v) is 6.92. The van der Waals surface area contributed by atoms with E-state index in [0.717, 1.165) is 4.90 Å². The van der Waals surface area contributed by atoms with E-state index in [9.17, 15) is 18.8 Å². The van der Waals surface area contributed by atoms with Crippen molar-refractivity contribution in [2.75, 3.05) is 11.5 Å². The molecule has 0 spiro atoms. The van der Waals surface area contributed by atoms with Crippen LogP contribution < -0.4 is 9.64 Å². The Morgan fingerprint density at radius 3 is 2.45 bits per heavy atom. The lowest BCUT2D eigenvalue weighted by Crippen LogP contribution is -2.51. The maximum absolute atomic E-state index is 13.2. The molecule has 2 atom stereocenters. The Morgan fingerprint density at radius 2 is 1.83 bits per heavy atom. The van der Waals surface area contributed by atoms with E-state index in [0.29, 0.717) is 17.9 Å². The molecule has 1 fully saturated rings. The number of benzene rings is 2. The average Bonchev–Trinajstić information content (AvgIpc) is 3.01. The Morgan fingerprint density at radius 1 is 1.17 bits per heavy atom. The van der Waals surface area contributed by atoms with Gasteiger partial charge in [0, 0.05) is 6.04 Å². The van der Waals surface area contributed by atoms with Crippen LogP contribution in [-0.4, -0.2) is 41.3 Å². The molecular formula is C22H23FN2O4. The number of ether oxygens (including phenoxy) is 1. The summed E-state index contributed by atoms with van der Waals surface area (Å²) in [4.78, 5) is 40.9. The van der Waals surface area contributed by atoms with Gasteiger partial charge in [0.15, 0.2) is 6.61 Å². The Bertz CT molecular complexity index is 885. The summed E-state index contributed by atoms with van der Waals surface area (Å²) in [6.45, 7) is 3.50. The van der Waals surface area contributed by atoms with Crippen molar-refractivity contribution in [3.05, 3.63) is 60.4 Å². The van der Waals surface area contributed by atoms with Crippen LogP contribution in [0.5, 0.6) is 5.75 Å². The highest BCUT2D eigenvalue weighted by molar-refractivity contribution is 6.23. The monoisotopic (exact) mass is 398 g/mol. The van der Waals surface area contributed by atoms with Crippen molar-refractivity contribution in [3.8, 4) is 5.75 Å². The largest absolute Gasteiger partial charge is 0.484 e. The quantitative estimate of drug-likeness (QED) is 0.672. The van der Waals surface area contributed by atoms with Crippen LogP contribution in [0.15, 0.2) is 54.6 Å². The van der Waals surface area contributed by atoms with Gasteiger partial charge in [-0.3, -0.25) is 14.4 Å². The third-order valence-corrected chi connectivity index (χ3v) is 5.00. The molecule has 3 rings (SSSR count). The minimum Gasteiger partial charge on any atom is -0.484 e. The predicted molar refractivity (Wildman–Crippen MR) is 106 cm³/mol.